The Morgan fingerprint density at radius 1 is 1.08 bits per heavy atom. The number of hydrogen-bond donors (Lipinski definition) is 2. The third kappa shape index (κ3) is 5.88. The van der Waals surface area contributed by atoms with Gasteiger partial charge in [-0.1, -0.05) is 32.0 Å². The average Bonchev–Trinajstić information content (AvgIpc) is 3.49. The summed E-state index contributed by atoms with van der Waals surface area (Å²) in [6, 6.07) is 11.1. The summed E-state index contributed by atoms with van der Waals surface area (Å²) in [5.41, 5.74) is 10.0. The normalized spacial score (nSPS) is 14.1. The number of nitrogens with two attached hydrogens (primary N) is 1. The van der Waals surface area contributed by atoms with Crippen LogP contribution >= 0.6 is 0 Å². The molecule has 0 fully saturated rings. The smallest absolute Gasteiger partial charge is 0.322 e. The minimum atomic E-state index is -0.606. The summed E-state index contributed by atoms with van der Waals surface area (Å²) in [7, 11) is 4.69. The van der Waals surface area contributed by atoms with Crippen molar-refractivity contribution in [3.63, 3.8) is 0 Å². The zero-order valence-electron chi connectivity index (χ0n) is 23.2. The van der Waals surface area contributed by atoms with Crippen molar-refractivity contribution in [3.8, 4) is 17.2 Å². The highest BCUT2D eigenvalue weighted by molar-refractivity contribution is 6.32. The zero-order valence-corrected chi connectivity index (χ0v) is 23.2. The van der Waals surface area contributed by atoms with Crippen LogP contribution in [0.2, 0.25) is 0 Å². The number of fused-ring (bicyclic) bond motifs is 1. The van der Waals surface area contributed by atoms with Gasteiger partial charge in [0.25, 0.3) is 5.91 Å². The molecule has 0 aliphatic carbocycles. The molecule has 1 atom stereocenters. The molecule has 2 heterocycles. The molecule has 1 aliphatic rings. The molecule has 208 valence electrons. The fourth-order valence-electron chi connectivity index (χ4n) is 5.02. The predicted molar refractivity (Wildman–Crippen MR) is 151 cm³/mol. The van der Waals surface area contributed by atoms with Gasteiger partial charge in [-0.2, -0.15) is 0 Å². The van der Waals surface area contributed by atoms with Crippen molar-refractivity contribution in [2.75, 3.05) is 34.5 Å². The summed E-state index contributed by atoms with van der Waals surface area (Å²) in [6.45, 7) is 5.30. The van der Waals surface area contributed by atoms with Crippen LogP contribution in [0, 0.1) is 5.92 Å². The highest BCUT2D eigenvalue weighted by Crippen LogP contribution is 2.43. The van der Waals surface area contributed by atoms with E-state index < -0.39 is 6.04 Å². The molecular weight excluding hydrogens is 498 g/mol. The topological polar surface area (TPSA) is 114 Å². The maximum atomic E-state index is 13.2. The Kier molecular flexibility index (Phi) is 8.81. The number of rotatable bonds is 12. The Morgan fingerprint density at radius 2 is 1.77 bits per heavy atom. The molecule has 9 nitrogen and oxygen atoms in total. The quantitative estimate of drug-likeness (QED) is 0.266. The van der Waals surface area contributed by atoms with Gasteiger partial charge < -0.3 is 34.6 Å². The highest BCUT2D eigenvalue weighted by atomic mass is 16.5. The summed E-state index contributed by atoms with van der Waals surface area (Å²) in [5.74, 6) is 1.33. The van der Waals surface area contributed by atoms with E-state index in [1.54, 1.807) is 21.3 Å². The number of ether oxygens (including phenoxy) is 4. The number of amides is 1. The first-order chi connectivity index (χ1) is 18.8. The lowest BCUT2D eigenvalue weighted by atomic mass is 9.96. The molecule has 3 N–H and O–H groups in total. The third-order valence-electron chi connectivity index (χ3n) is 6.84. The Bertz CT molecular complexity index is 1370. The second kappa shape index (κ2) is 12.3. The largest absolute Gasteiger partial charge is 0.493 e. The van der Waals surface area contributed by atoms with E-state index in [0.29, 0.717) is 54.7 Å². The number of aryl methyl sites for hydroxylation is 1. The zero-order chi connectivity index (χ0) is 28.1. The van der Waals surface area contributed by atoms with E-state index in [1.807, 2.05) is 56.4 Å². The molecule has 1 amide bonds. The van der Waals surface area contributed by atoms with Gasteiger partial charge in [-0.3, -0.25) is 9.59 Å². The average molecular weight is 536 g/mol. The van der Waals surface area contributed by atoms with Gasteiger partial charge in [0.05, 0.1) is 33.5 Å². The van der Waals surface area contributed by atoms with Crippen LogP contribution < -0.4 is 25.3 Å². The lowest BCUT2D eigenvalue weighted by Gasteiger charge is -2.15. The number of aromatic nitrogens is 1. The Labute approximate surface area is 228 Å². The summed E-state index contributed by atoms with van der Waals surface area (Å²) in [5, 5.41) is 3.94. The molecule has 1 unspecified atom stereocenters. The van der Waals surface area contributed by atoms with Crippen LogP contribution in [0.5, 0.6) is 17.2 Å². The van der Waals surface area contributed by atoms with Crippen LogP contribution in [0.1, 0.15) is 37.8 Å². The third-order valence-corrected chi connectivity index (χ3v) is 6.84. The second-order valence-corrected chi connectivity index (χ2v) is 9.96. The number of methoxy groups -OCH3 is 3. The summed E-state index contributed by atoms with van der Waals surface area (Å²) < 4.78 is 24.1. The van der Waals surface area contributed by atoms with Gasteiger partial charge in [0.15, 0.2) is 11.5 Å². The van der Waals surface area contributed by atoms with Crippen LogP contribution in [0.25, 0.3) is 22.0 Å². The number of carbonyl (C=O) groups excluding carboxylic acids is 2. The van der Waals surface area contributed by atoms with Crippen LogP contribution in [0.4, 0.5) is 0 Å². The highest BCUT2D eigenvalue weighted by Gasteiger charge is 2.29. The first-order valence-corrected chi connectivity index (χ1v) is 13.1. The van der Waals surface area contributed by atoms with Crippen LogP contribution in [-0.2, 0) is 20.9 Å². The van der Waals surface area contributed by atoms with Gasteiger partial charge in [0.1, 0.15) is 6.04 Å². The fraction of sp³-hybridized carbons (Fsp3) is 0.400. The Hall–Kier alpha value is -3.98. The number of nitrogens with one attached hydrogen (secondary N) is 1. The van der Waals surface area contributed by atoms with E-state index >= 15 is 0 Å². The van der Waals surface area contributed by atoms with E-state index in [1.165, 1.54) is 0 Å². The monoisotopic (exact) mass is 535 g/mol. The van der Waals surface area contributed by atoms with E-state index in [9.17, 15) is 9.59 Å². The second-order valence-electron chi connectivity index (χ2n) is 9.96. The van der Waals surface area contributed by atoms with Crippen molar-refractivity contribution < 1.29 is 28.5 Å². The van der Waals surface area contributed by atoms with Gasteiger partial charge in [0.2, 0.25) is 5.75 Å². The van der Waals surface area contributed by atoms with Crippen LogP contribution in [0.3, 0.4) is 0 Å². The SMILES string of the molecule is COc1cc(C2=C(c3cn(CCCOC(=O)C(N)CC(C)C)c4ccccc34)C(=O)NC2)cc(OC)c1OC. The molecule has 1 aliphatic heterocycles. The molecule has 0 saturated heterocycles. The summed E-state index contributed by atoms with van der Waals surface area (Å²) in [4.78, 5) is 25.4. The van der Waals surface area contributed by atoms with E-state index in [4.69, 9.17) is 24.7 Å². The maximum Gasteiger partial charge on any atom is 0.322 e. The molecule has 39 heavy (non-hydrogen) atoms. The first-order valence-electron chi connectivity index (χ1n) is 13.1. The number of hydrogen-bond acceptors (Lipinski definition) is 7. The minimum Gasteiger partial charge on any atom is -0.493 e. The van der Waals surface area contributed by atoms with Crippen molar-refractivity contribution in [1.82, 2.24) is 9.88 Å². The number of esters is 1. The molecule has 2 aromatic carbocycles. The van der Waals surface area contributed by atoms with Gasteiger partial charge in [-0.15, -0.1) is 0 Å². The number of nitrogens with zero attached hydrogens (tertiary/aromatic N) is 1. The van der Waals surface area contributed by atoms with Crippen molar-refractivity contribution in [3.05, 3.63) is 53.7 Å². The molecule has 4 rings (SSSR count). The van der Waals surface area contributed by atoms with Crippen LogP contribution in [-0.4, -0.2) is 57.0 Å². The summed E-state index contributed by atoms with van der Waals surface area (Å²) in [6.07, 6.45) is 3.20. The van der Waals surface area contributed by atoms with Crippen molar-refractivity contribution in [2.45, 2.75) is 39.3 Å². The van der Waals surface area contributed by atoms with Crippen molar-refractivity contribution in [2.24, 2.45) is 11.7 Å². The molecule has 9 heteroatoms. The maximum absolute atomic E-state index is 13.2. The van der Waals surface area contributed by atoms with Gasteiger partial charge in [-0.25, -0.2) is 0 Å². The number of benzene rings is 2. The Balaban J connectivity index is 1.65. The number of carbonyl (C=O) groups is 2. The standard InChI is InChI=1S/C30H37N3O6/c1-18(2)13-23(31)30(35)39-12-8-11-33-17-22(20-9-6-7-10-24(20)33)27-21(16-32-29(27)34)19-14-25(36-3)28(38-5)26(15-19)37-4/h6-7,9-10,14-15,17-18,23H,8,11-13,16,31H2,1-5H3,(H,32,34). The molecule has 0 radical (unpaired) electrons. The van der Waals surface area contributed by atoms with Gasteiger partial charge in [0, 0.05) is 35.8 Å². The fourth-order valence-corrected chi connectivity index (χ4v) is 5.02. The molecule has 0 spiro atoms. The Morgan fingerprint density at radius 3 is 2.41 bits per heavy atom. The van der Waals surface area contributed by atoms with Crippen LogP contribution in [0.15, 0.2) is 42.6 Å². The van der Waals surface area contributed by atoms with E-state index in [2.05, 4.69) is 9.88 Å². The molecule has 1 aromatic heterocycles. The van der Waals surface area contributed by atoms with E-state index in [-0.39, 0.29) is 18.5 Å². The van der Waals surface area contributed by atoms with Crippen molar-refractivity contribution in [1.29, 1.82) is 0 Å². The summed E-state index contributed by atoms with van der Waals surface area (Å²) >= 11 is 0. The molecule has 3 aromatic rings. The van der Waals surface area contributed by atoms with Gasteiger partial charge >= 0.3 is 5.97 Å². The lowest BCUT2D eigenvalue weighted by molar-refractivity contribution is -0.145. The molecule has 0 saturated carbocycles. The predicted octanol–water partition coefficient (Wildman–Crippen LogP) is 4.01. The molecule has 0 bridgehead atoms. The van der Waals surface area contributed by atoms with Gasteiger partial charge in [-0.05, 0) is 48.1 Å². The minimum absolute atomic E-state index is 0.144. The number of para-hydroxylation sites is 1. The molecular formula is C30H37N3O6. The van der Waals surface area contributed by atoms with Crippen molar-refractivity contribution >= 4 is 33.9 Å². The lowest BCUT2D eigenvalue weighted by Crippen LogP contribution is -2.33. The van der Waals surface area contributed by atoms with E-state index in [0.717, 1.165) is 27.6 Å². The first kappa shape index (κ1) is 28.0.